The Morgan fingerprint density at radius 1 is 1.56 bits per heavy atom. The van der Waals surface area contributed by atoms with Crippen LogP contribution in [-0.4, -0.2) is 36.0 Å². The van der Waals surface area contributed by atoms with Crippen molar-refractivity contribution in [1.82, 2.24) is 10.2 Å². The van der Waals surface area contributed by atoms with Gasteiger partial charge in [-0.1, -0.05) is 6.92 Å². The number of carbonyl (C=O) groups excluding carboxylic acids is 1. The molecule has 1 atom stereocenters. The normalized spacial score (nSPS) is 19.2. The van der Waals surface area contributed by atoms with E-state index in [4.69, 9.17) is 6.42 Å². The zero-order valence-corrected chi connectivity index (χ0v) is 10.3. The molecule has 0 spiro atoms. The van der Waals surface area contributed by atoms with Gasteiger partial charge in [-0.2, -0.15) is 0 Å². The average Bonchev–Trinajstić information content (AvgIpc) is 2.29. The molecule has 0 bridgehead atoms. The van der Waals surface area contributed by atoms with E-state index in [1.807, 2.05) is 4.90 Å². The number of nitrogens with one attached hydrogen (secondary N) is 1. The lowest BCUT2D eigenvalue weighted by molar-refractivity contribution is -0.129. The molecule has 1 aliphatic heterocycles. The van der Waals surface area contributed by atoms with Crippen LogP contribution in [0.4, 0.5) is 0 Å². The Labute approximate surface area is 98.6 Å². The van der Waals surface area contributed by atoms with E-state index in [-0.39, 0.29) is 5.91 Å². The lowest BCUT2D eigenvalue weighted by atomic mass is 10.0. The van der Waals surface area contributed by atoms with Gasteiger partial charge in [0.05, 0.1) is 0 Å². The molecule has 3 nitrogen and oxygen atoms in total. The summed E-state index contributed by atoms with van der Waals surface area (Å²) in [6.45, 7) is 5.54. The molecule has 0 aromatic carbocycles. The lowest BCUT2D eigenvalue weighted by Gasteiger charge is -2.33. The van der Waals surface area contributed by atoms with Crippen molar-refractivity contribution in [3.8, 4) is 12.3 Å². The molecule has 3 heteroatoms. The van der Waals surface area contributed by atoms with Gasteiger partial charge in [-0.3, -0.25) is 4.79 Å². The van der Waals surface area contributed by atoms with Crippen molar-refractivity contribution < 1.29 is 4.79 Å². The number of rotatable bonds is 4. The van der Waals surface area contributed by atoms with Gasteiger partial charge in [0.25, 0.3) is 0 Å². The van der Waals surface area contributed by atoms with Crippen LogP contribution in [0.5, 0.6) is 0 Å². The molecule has 90 valence electrons. The Balaban J connectivity index is 2.31. The van der Waals surface area contributed by atoms with Crippen LogP contribution < -0.4 is 5.32 Å². The Bertz CT molecular complexity index is 262. The minimum Gasteiger partial charge on any atom is -0.343 e. The molecule has 0 aromatic rings. The minimum absolute atomic E-state index is 0.189. The van der Waals surface area contributed by atoms with E-state index in [2.05, 4.69) is 18.2 Å². The molecule has 0 aliphatic carbocycles. The highest BCUT2D eigenvalue weighted by atomic mass is 16.2. The molecule has 0 radical (unpaired) electrons. The Morgan fingerprint density at radius 2 is 2.19 bits per heavy atom. The number of terminal acetylenes is 1. The molecule has 1 fully saturated rings. The summed E-state index contributed by atoms with van der Waals surface area (Å²) in [5.41, 5.74) is 0. The third kappa shape index (κ3) is 3.86. The number of piperidine rings is 1. The average molecular weight is 222 g/mol. The van der Waals surface area contributed by atoms with Crippen LogP contribution in [0, 0.1) is 12.3 Å². The predicted molar refractivity (Wildman–Crippen MR) is 65.9 cm³/mol. The molecule has 16 heavy (non-hydrogen) atoms. The van der Waals surface area contributed by atoms with E-state index < -0.39 is 0 Å². The molecule has 1 heterocycles. The molecular weight excluding hydrogens is 200 g/mol. The fourth-order valence-corrected chi connectivity index (χ4v) is 2.16. The summed E-state index contributed by atoms with van der Waals surface area (Å²) in [6, 6.07) is 0.952. The molecule has 1 aliphatic rings. The van der Waals surface area contributed by atoms with Crippen LogP contribution in [0.2, 0.25) is 0 Å². The van der Waals surface area contributed by atoms with E-state index in [1.165, 1.54) is 0 Å². The summed E-state index contributed by atoms with van der Waals surface area (Å²) in [6.07, 6.45) is 9.28. The predicted octanol–water partition coefficient (Wildman–Crippen LogP) is 1.39. The van der Waals surface area contributed by atoms with Gasteiger partial charge in [0, 0.05) is 38.5 Å². The summed E-state index contributed by atoms with van der Waals surface area (Å²) in [5, 5.41) is 3.59. The van der Waals surface area contributed by atoms with Crippen LogP contribution in [0.15, 0.2) is 0 Å². The number of amides is 1. The van der Waals surface area contributed by atoms with E-state index in [9.17, 15) is 4.79 Å². The maximum atomic E-state index is 11.2. The Morgan fingerprint density at radius 3 is 2.62 bits per heavy atom. The van der Waals surface area contributed by atoms with E-state index >= 15 is 0 Å². The van der Waals surface area contributed by atoms with Gasteiger partial charge in [0.15, 0.2) is 0 Å². The second-order valence-corrected chi connectivity index (χ2v) is 4.46. The van der Waals surface area contributed by atoms with E-state index in [0.29, 0.717) is 12.1 Å². The SMILES string of the molecule is C#CCC(CC)NC1CCN(C(C)=O)CC1. The van der Waals surface area contributed by atoms with Crippen molar-refractivity contribution in [3.05, 3.63) is 0 Å². The van der Waals surface area contributed by atoms with Gasteiger partial charge >= 0.3 is 0 Å². The van der Waals surface area contributed by atoms with Crippen LogP contribution in [-0.2, 0) is 4.79 Å². The zero-order chi connectivity index (χ0) is 12.0. The van der Waals surface area contributed by atoms with Crippen molar-refractivity contribution in [1.29, 1.82) is 0 Å². The Hall–Kier alpha value is -1.01. The van der Waals surface area contributed by atoms with Crippen LogP contribution >= 0.6 is 0 Å². The van der Waals surface area contributed by atoms with Crippen molar-refractivity contribution in [2.45, 2.75) is 51.6 Å². The maximum absolute atomic E-state index is 11.2. The number of carbonyl (C=O) groups is 1. The molecule has 1 rings (SSSR count). The first-order valence-electron chi connectivity index (χ1n) is 6.12. The summed E-state index contributed by atoms with van der Waals surface area (Å²) in [5.74, 6) is 2.90. The van der Waals surface area contributed by atoms with Gasteiger partial charge in [-0.05, 0) is 19.3 Å². The quantitative estimate of drug-likeness (QED) is 0.729. The van der Waals surface area contributed by atoms with E-state index in [1.54, 1.807) is 6.92 Å². The van der Waals surface area contributed by atoms with Gasteiger partial charge in [-0.15, -0.1) is 12.3 Å². The first kappa shape index (κ1) is 13.1. The molecule has 1 N–H and O–H groups in total. The Kier molecular flexibility index (Phi) is 5.34. The lowest BCUT2D eigenvalue weighted by Crippen LogP contribution is -2.47. The summed E-state index contributed by atoms with van der Waals surface area (Å²) < 4.78 is 0. The second kappa shape index (κ2) is 6.55. The molecule has 0 saturated carbocycles. The smallest absolute Gasteiger partial charge is 0.219 e. The zero-order valence-electron chi connectivity index (χ0n) is 10.3. The molecular formula is C13H22N2O. The highest BCUT2D eigenvalue weighted by molar-refractivity contribution is 5.73. The third-order valence-electron chi connectivity index (χ3n) is 3.27. The highest BCUT2D eigenvalue weighted by Crippen LogP contribution is 2.12. The topological polar surface area (TPSA) is 32.3 Å². The number of nitrogens with zero attached hydrogens (tertiary/aromatic N) is 1. The maximum Gasteiger partial charge on any atom is 0.219 e. The summed E-state index contributed by atoms with van der Waals surface area (Å²) in [4.78, 5) is 13.1. The fraction of sp³-hybridized carbons (Fsp3) is 0.769. The van der Waals surface area contributed by atoms with Gasteiger partial charge in [-0.25, -0.2) is 0 Å². The molecule has 1 unspecified atom stereocenters. The fourth-order valence-electron chi connectivity index (χ4n) is 2.16. The van der Waals surface area contributed by atoms with Crippen LogP contribution in [0.25, 0.3) is 0 Å². The molecule has 0 aromatic heterocycles. The van der Waals surface area contributed by atoms with Gasteiger partial charge < -0.3 is 10.2 Å². The molecule has 1 amide bonds. The van der Waals surface area contributed by atoms with Crippen molar-refractivity contribution in [2.75, 3.05) is 13.1 Å². The first-order valence-corrected chi connectivity index (χ1v) is 6.12. The number of likely N-dealkylation sites (tertiary alicyclic amines) is 1. The van der Waals surface area contributed by atoms with Crippen molar-refractivity contribution in [3.63, 3.8) is 0 Å². The first-order chi connectivity index (χ1) is 7.67. The van der Waals surface area contributed by atoms with Gasteiger partial charge in [0.1, 0.15) is 0 Å². The standard InChI is InChI=1S/C13H22N2O/c1-4-6-12(5-2)14-13-7-9-15(10-8-13)11(3)16/h1,12-14H,5-10H2,2-3H3. The summed E-state index contributed by atoms with van der Waals surface area (Å²) in [7, 11) is 0. The second-order valence-electron chi connectivity index (χ2n) is 4.46. The third-order valence-corrected chi connectivity index (χ3v) is 3.27. The van der Waals surface area contributed by atoms with E-state index in [0.717, 1.165) is 38.8 Å². The highest BCUT2D eigenvalue weighted by Gasteiger charge is 2.21. The van der Waals surface area contributed by atoms with Crippen molar-refractivity contribution in [2.24, 2.45) is 0 Å². The molecule has 1 saturated heterocycles. The number of hydrogen-bond acceptors (Lipinski definition) is 2. The minimum atomic E-state index is 0.189. The largest absolute Gasteiger partial charge is 0.343 e. The monoisotopic (exact) mass is 222 g/mol. The van der Waals surface area contributed by atoms with Gasteiger partial charge in [0.2, 0.25) is 5.91 Å². The van der Waals surface area contributed by atoms with Crippen LogP contribution in [0.3, 0.4) is 0 Å². The summed E-state index contributed by atoms with van der Waals surface area (Å²) >= 11 is 0. The number of hydrogen-bond donors (Lipinski definition) is 1. The van der Waals surface area contributed by atoms with Crippen molar-refractivity contribution >= 4 is 5.91 Å². The van der Waals surface area contributed by atoms with Crippen LogP contribution in [0.1, 0.15) is 39.5 Å².